The average Bonchev–Trinajstić information content (AvgIpc) is 3.08. The Morgan fingerprint density at radius 3 is 2.50 bits per heavy atom. The van der Waals surface area contributed by atoms with E-state index in [1.165, 1.54) is 0 Å². The van der Waals surface area contributed by atoms with Gasteiger partial charge in [0.1, 0.15) is 11.6 Å². The number of amides is 1. The van der Waals surface area contributed by atoms with Gasteiger partial charge in [-0.05, 0) is 50.4 Å². The van der Waals surface area contributed by atoms with Crippen molar-refractivity contribution in [2.24, 2.45) is 16.7 Å². The average molecular weight is 358 g/mol. The van der Waals surface area contributed by atoms with E-state index in [-0.39, 0.29) is 22.3 Å². The summed E-state index contributed by atoms with van der Waals surface area (Å²) < 4.78 is 0. The summed E-state index contributed by atoms with van der Waals surface area (Å²) in [6, 6.07) is 1.93. The lowest BCUT2D eigenvalue weighted by atomic mass is 9.77. The van der Waals surface area contributed by atoms with Crippen LogP contribution in [0.2, 0.25) is 0 Å². The number of aromatic nitrogens is 2. The summed E-state index contributed by atoms with van der Waals surface area (Å²) in [5.74, 6) is 2.03. The van der Waals surface area contributed by atoms with Crippen LogP contribution < -0.4 is 10.5 Å². The van der Waals surface area contributed by atoms with Crippen LogP contribution in [-0.2, 0) is 4.79 Å². The molecule has 0 bridgehead atoms. The first kappa shape index (κ1) is 17.6. The molecule has 1 spiro atoms. The van der Waals surface area contributed by atoms with E-state index in [1.54, 1.807) is 6.07 Å². The number of hydrogen-bond donors (Lipinski definition) is 1. The molecular formula is C20H30N4O2. The predicted octanol–water partition coefficient (Wildman–Crippen LogP) is 2.33. The monoisotopic (exact) mass is 358 g/mol. The highest BCUT2D eigenvalue weighted by molar-refractivity contribution is 5.83. The molecule has 4 rings (SSSR count). The van der Waals surface area contributed by atoms with E-state index in [2.05, 4.69) is 40.5 Å². The van der Waals surface area contributed by atoms with Crippen LogP contribution in [0.4, 0.5) is 5.82 Å². The van der Waals surface area contributed by atoms with Crippen LogP contribution in [0.5, 0.6) is 0 Å². The van der Waals surface area contributed by atoms with Crippen molar-refractivity contribution in [2.45, 2.75) is 59.4 Å². The van der Waals surface area contributed by atoms with Crippen LogP contribution in [-0.4, -0.2) is 46.5 Å². The van der Waals surface area contributed by atoms with Crippen molar-refractivity contribution >= 4 is 11.7 Å². The molecule has 1 amide bonds. The predicted molar refractivity (Wildman–Crippen MR) is 101 cm³/mol. The molecule has 6 heteroatoms. The van der Waals surface area contributed by atoms with E-state index in [9.17, 15) is 9.59 Å². The fraction of sp³-hybridized carbons (Fsp3) is 0.750. The van der Waals surface area contributed by atoms with Gasteiger partial charge in [-0.3, -0.25) is 9.59 Å². The molecule has 1 aromatic heterocycles. The van der Waals surface area contributed by atoms with Crippen molar-refractivity contribution in [1.82, 2.24) is 14.9 Å². The molecule has 1 aromatic rings. The van der Waals surface area contributed by atoms with Crippen LogP contribution in [0.15, 0.2) is 10.9 Å². The largest absolute Gasteiger partial charge is 0.356 e. The van der Waals surface area contributed by atoms with Gasteiger partial charge in [0, 0.05) is 37.7 Å². The van der Waals surface area contributed by atoms with Gasteiger partial charge >= 0.3 is 0 Å². The minimum Gasteiger partial charge on any atom is -0.356 e. The Morgan fingerprint density at radius 2 is 1.92 bits per heavy atom. The third-order valence-electron chi connectivity index (χ3n) is 6.86. The first-order chi connectivity index (χ1) is 12.2. The molecule has 1 N–H and O–H groups in total. The van der Waals surface area contributed by atoms with Crippen LogP contribution in [0.1, 0.15) is 52.3 Å². The maximum Gasteiger partial charge on any atom is 0.252 e. The summed E-state index contributed by atoms with van der Waals surface area (Å²) in [6.45, 7) is 11.1. The molecule has 3 heterocycles. The highest BCUT2D eigenvalue weighted by Crippen LogP contribution is 2.54. The molecule has 142 valence electrons. The number of aromatic amines is 1. The van der Waals surface area contributed by atoms with Crippen LogP contribution >= 0.6 is 0 Å². The first-order valence-electron chi connectivity index (χ1n) is 9.83. The number of likely N-dealkylation sites (tertiary alicyclic amines) is 1. The van der Waals surface area contributed by atoms with Gasteiger partial charge in [0.25, 0.3) is 5.56 Å². The number of hydrogen-bond acceptors (Lipinski definition) is 4. The van der Waals surface area contributed by atoms with Gasteiger partial charge in [-0.2, -0.15) is 0 Å². The van der Waals surface area contributed by atoms with Crippen LogP contribution in [0.3, 0.4) is 0 Å². The molecule has 2 aliphatic heterocycles. The second-order valence-corrected chi connectivity index (χ2v) is 9.44. The number of nitrogens with zero attached hydrogens (tertiary/aromatic N) is 3. The normalized spacial score (nSPS) is 29.2. The number of aryl methyl sites for hydroxylation is 1. The second-order valence-electron chi connectivity index (χ2n) is 9.44. The van der Waals surface area contributed by atoms with Gasteiger partial charge in [-0.15, -0.1) is 0 Å². The molecule has 1 aliphatic carbocycles. The highest BCUT2D eigenvalue weighted by atomic mass is 16.2. The number of carbonyl (C=O) groups excluding carboxylic acids is 1. The molecule has 0 radical (unpaired) electrons. The number of anilines is 1. The summed E-state index contributed by atoms with van der Waals surface area (Å²) in [7, 11) is 0. The number of carbonyl (C=O) groups is 1. The van der Waals surface area contributed by atoms with Gasteiger partial charge in [0.05, 0.1) is 0 Å². The SMILES string of the molecule is Cc1nc(N2CCC3(CC2)CC(C)N(C(=O)C2CC2(C)C)C3)cc(=O)[nH]1. The third-order valence-corrected chi connectivity index (χ3v) is 6.86. The maximum absolute atomic E-state index is 12.9. The molecule has 2 unspecified atom stereocenters. The Morgan fingerprint density at radius 1 is 1.27 bits per heavy atom. The Kier molecular flexibility index (Phi) is 3.93. The van der Waals surface area contributed by atoms with Crippen molar-refractivity contribution in [2.75, 3.05) is 24.5 Å². The summed E-state index contributed by atoms with van der Waals surface area (Å²) in [4.78, 5) is 36.2. The van der Waals surface area contributed by atoms with E-state index in [1.807, 2.05) is 6.92 Å². The van der Waals surface area contributed by atoms with Crippen LogP contribution in [0, 0.1) is 23.7 Å². The third kappa shape index (κ3) is 3.03. The minimum atomic E-state index is -0.0916. The lowest BCUT2D eigenvalue weighted by Gasteiger charge is -2.39. The zero-order chi connectivity index (χ0) is 18.7. The molecule has 6 nitrogen and oxygen atoms in total. The maximum atomic E-state index is 12.9. The van der Waals surface area contributed by atoms with Crippen molar-refractivity contribution in [3.8, 4) is 0 Å². The molecule has 3 fully saturated rings. The number of H-pyrrole nitrogens is 1. The lowest BCUT2D eigenvalue weighted by molar-refractivity contribution is -0.134. The van der Waals surface area contributed by atoms with Gasteiger partial charge < -0.3 is 14.8 Å². The van der Waals surface area contributed by atoms with E-state index in [0.29, 0.717) is 17.8 Å². The smallest absolute Gasteiger partial charge is 0.252 e. The van der Waals surface area contributed by atoms with Gasteiger partial charge in [-0.1, -0.05) is 13.8 Å². The van der Waals surface area contributed by atoms with E-state index in [0.717, 1.165) is 51.1 Å². The fourth-order valence-electron chi connectivity index (χ4n) is 5.00. The number of rotatable bonds is 2. The minimum absolute atomic E-state index is 0.0916. The zero-order valence-electron chi connectivity index (χ0n) is 16.3. The standard InChI is InChI=1S/C20H30N4O2/c1-13-10-20(12-24(13)18(26)15-11-19(15,3)4)5-7-23(8-6-20)16-9-17(25)22-14(2)21-16/h9,13,15H,5-8,10-12H2,1-4H3,(H,21,22,25). The Labute approximate surface area is 155 Å². The zero-order valence-corrected chi connectivity index (χ0v) is 16.3. The molecule has 2 saturated heterocycles. The van der Waals surface area contributed by atoms with E-state index >= 15 is 0 Å². The highest BCUT2D eigenvalue weighted by Gasteiger charge is 2.55. The summed E-state index contributed by atoms with van der Waals surface area (Å²) >= 11 is 0. The Balaban J connectivity index is 1.42. The summed E-state index contributed by atoms with van der Waals surface area (Å²) in [6.07, 6.45) is 4.25. The van der Waals surface area contributed by atoms with Crippen molar-refractivity contribution in [3.05, 3.63) is 22.2 Å². The molecule has 0 aromatic carbocycles. The van der Waals surface area contributed by atoms with Crippen LogP contribution in [0.25, 0.3) is 0 Å². The number of nitrogens with one attached hydrogen (secondary N) is 1. The summed E-state index contributed by atoms with van der Waals surface area (Å²) in [5, 5.41) is 0. The van der Waals surface area contributed by atoms with Crippen molar-refractivity contribution in [3.63, 3.8) is 0 Å². The van der Waals surface area contributed by atoms with E-state index in [4.69, 9.17) is 0 Å². The van der Waals surface area contributed by atoms with Gasteiger partial charge in [0.2, 0.25) is 5.91 Å². The molecule has 3 aliphatic rings. The van der Waals surface area contributed by atoms with Gasteiger partial charge in [-0.25, -0.2) is 4.98 Å². The van der Waals surface area contributed by atoms with Crippen molar-refractivity contribution < 1.29 is 4.79 Å². The van der Waals surface area contributed by atoms with E-state index < -0.39 is 0 Å². The van der Waals surface area contributed by atoms with Crippen molar-refractivity contribution in [1.29, 1.82) is 0 Å². The Bertz CT molecular complexity index is 776. The Hall–Kier alpha value is -1.85. The van der Waals surface area contributed by atoms with Gasteiger partial charge in [0.15, 0.2) is 0 Å². The second kappa shape index (κ2) is 5.83. The molecule has 26 heavy (non-hydrogen) atoms. The fourth-order valence-corrected chi connectivity index (χ4v) is 5.00. The summed E-state index contributed by atoms with van der Waals surface area (Å²) in [5.41, 5.74) is 0.340. The topological polar surface area (TPSA) is 69.3 Å². The molecular weight excluding hydrogens is 328 g/mol. The first-order valence-corrected chi connectivity index (χ1v) is 9.83. The number of piperidine rings is 1. The lowest BCUT2D eigenvalue weighted by Crippen LogP contribution is -2.43. The molecule has 1 saturated carbocycles. The quantitative estimate of drug-likeness (QED) is 0.881. The molecule has 2 atom stereocenters.